The molecule has 3 aromatic carbocycles. The zero-order valence-electron chi connectivity index (χ0n) is 16.7. The molecule has 154 valence electrons. The number of hydrogen-bond acceptors (Lipinski definition) is 3. The van der Waals surface area contributed by atoms with Crippen LogP contribution in [-0.4, -0.2) is 21.6 Å². The fourth-order valence-corrected chi connectivity index (χ4v) is 3.24. The largest absolute Gasteiger partial charge is 0.321 e. The summed E-state index contributed by atoms with van der Waals surface area (Å²) in [6, 6.07) is 24.9. The third kappa shape index (κ3) is 4.65. The van der Waals surface area contributed by atoms with Gasteiger partial charge >= 0.3 is 0 Å². The van der Waals surface area contributed by atoms with Gasteiger partial charge in [-0.3, -0.25) is 14.3 Å². The lowest BCUT2D eigenvalue weighted by Crippen LogP contribution is -2.14. The summed E-state index contributed by atoms with van der Waals surface area (Å²) in [5.41, 5.74) is 3.13. The van der Waals surface area contributed by atoms with Crippen LogP contribution in [0.4, 0.5) is 11.5 Å². The highest BCUT2D eigenvalue weighted by molar-refractivity contribution is 6.33. The van der Waals surface area contributed by atoms with Crippen LogP contribution in [0.3, 0.4) is 0 Å². The molecule has 1 heterocycles. The van der Waals surface area contributed by atoms with Gasteiger partial charge < -0.3 is 10.6 Å². The molecule has 6 nitrogen and oxygen atoms in total. The Kier molecular flexibility index (Phi) is 5.82. The van der Waals surface area contributed by atoms with E-state index in [1.807, 2.05) is 30.3 Å². The average Bonchev–Trinajstić information content (AvgIpc) is 3.16. The van der Waals surface area contributed by atoms with Crippen molar-refractivity contribution in [3.63, 3.8) is 0 Å². The minimum absolute atomic E-state index is 0.207. The van der Waals surface area contributed by atoms with Crippen molar-refractivity contribution in [3.05, 3.63) is 101 Å². The molecule has 0 saturated carbocycles. The third-order valence-corrected chi connectivity index (χ3v) is 5.05. The Bertz CT molecular complexity index is 1230. The fraction of sp³-hybridized carbons (Fsp3) is 0.0417. The normalized spacial score (nSPS) is 10.5. The van der Waals surface area contributed by atoms with E-state index in [2.05, 4.69) is 15.7 Å². The van der Waals surface area contributed by atoms with Crippen LogP contribution < -0.4 is 10.6 Å². The molecule has 7 heteroatoms. The summed E-state index contributed by atoms with van der Waals surface area (Å²) in [7, 11) is 1.76. The molecule has 31 heavy (non-hydrogen) atoms. The number of carbonyl (C=O) groups is 2. The van der Waals surface area contributed by atoms with E-state index in [4.69, 9.17) is 11.6 Å². The number of nitrogens with one attached hydrogen (secondary N) is 2. The maximum absolute atomic E-state index is 12.5. The van der Waals surface area contributed by atoms with Gasteiger partial charge in [0.25, 0.3) is 11.8 Å². The summed E-state index contributed by atoms with van der Waals surface area (Å²) < 4.78 is 1.61. The number of aromatic nitrogens is 2. The van der Waals surface area contributed by atoms with E-state index in [0.717, 1.165) is 5.56 Å². The second-order valence-corrected chi connectivity index (χ2v) is 7.28. The van der Waals surface area contributed by atoms with Crippen LogP contribution in [0.2, 0.25) is 5.02 Å². The highest BCUT2D eigenvalue weighted by Gasteiger charge is 2.13. The fourth-order valence-electron chi connectivity index (χ4n) is 3.05. The standard InChI is InChI=1S/C24H19ClN4O2/c1-29-22(27-24(31)17-7-3-2-4-8-17)15-21(28-29)16-11-13-18(14-12-16)23(30)26-20-10-6-5-9-19(20)25/h2-15H,1H3,(H,26,30)(H,27,31). The Morgan fingerprint density at radius 3 is 2.13 bits per heavy atom. The zero-order chi connectivity index (χ0) is 21.8. The molecule has 0 aliphatic rings. The highest BCUT2D eigenvalue weighted by Crippen LogP contribution is 2.24. The minimum atomic E-state index is -0.253. The molecule has 2 amide bonds. The van der Waals surface area contributed by atoms with Gasteiger partial charge in [-0.15, -0.1) is 0 Å². The van der Waals surface area contributed by atoms with Gasteiger partial charge in [-0.25, -0.2) is 0 Å². The molecule has 4 rings (SSSR count). The first-order valence-electron chi connectivity index (χ1n) is 9.58. The molecule has 0 bridgehead atoms. The number of benzene rings is 3. The Morgan fingerprint density at radius 1 is 0.806 bits per heavy atom. The van der Waals surface area contributed by atoms with Gasteiger partial charge in [-0.05, 0) is 36.4 Å². The Hall–Kier alpha value is -3.90. The number of amides is 2. The molecule has 0 atom stereocenters. The Morgan fingerprint density at radius 2 is 1.42 bits per heavy atom. The lowest BCUT2D eigenvalue weighted by atomic mass is 10.1. The van der Waals surface area contributed by atoms with E-state index in [1.54, 1.807) is 66.3 Å². The maximum atomic E-state index is 12.5. The second-order valence-electron chi connectivity index (χ2n) is 6.87. The first kappa shape index (κ1) is 20.4. The molecule has 0 saturated heterocycles. The summed E-state index contributed by atoms with van der Waals surface area (Å²) in [6.45, 7) is 0. The summed E-state index contributed by atoms with van der Waals surface area (Å²) in [5.74, 6) is 0.114. The highest BCUT2D eigenvalue weighted by atomic mass is 35.5. The van der Waals surface area contributed by atoms with Crippen molar-refractivity contribution in [1.82, 2.24) is 9.78 Å². The SMILES string of the molecule is Cn1nc(-c2ccc(C(=O)Nc3ccccc3Cl)cc2)cc1NC(=O)c1ccccc1. The van der Waals surface area contributed by atoms with Crippen LogP contribution in [0.1, 0.15) is 20.7 Å². The smallest absolute Gasteiger partial charge is 0.256 e. The van der Waals surface area contributed by atoms with Gasteiger partial charge in [0, 0.05) is 29.8 Å². The molecule has 1 aromatic heterocycles. The number of hydrogen-bond donors (Lipinski definition) is 2. The lowest BCUT2D eigenvalue weighted by Gasteiger charge is -2.07. The van der Waals surface area contributed by atoms with Crippen molar-refractivity contribution in [2.75, 3.05) is 10.6 Å². The van der Waals surface area contributed by atoms with Gasteiger partial charge in [0.1, 0.15) is 5.82 Å². The molecular formula is C24H19ClN4O2. The maximum Gasteiger partial charge on any atom is 0.256 e. The molecule has 0 fully saturated rings. The number of nitrogens with zero attached hydrogens (tertiary/aromatic N) is 2. The van der Waals surface area contributed by atoms with Crippen molar-refractivity contribution in [3.8, 4) is 11.3 Å². The van der Waals surface area contributed by atoms with E-state index in [9.17, 15) is 9.59 Å². The Balaban J connectivity index is 1.48. The Labute approximate surface area is 184 Å². The average molecular weight is 431 g/mol. The van der Waals surface area contributed by atoms with Crippen molar-refractivity contribution < 1.29 is 9.59 Å². The first-order valence-corrected chi connectivity index (χ1v) is 9.96. The van der Waals surface area contributed by atoms with E-state index in [1.165, 1.54) is 0 Å². The van der Waals surface area contributed by atoms with Gasteiger partial charge in [-0.1, -0.05) is 54.1 Å². The summed E-state index contributed by atoms with van der Waals surface area (Å²) in [4.78, 5) is 24.9. The van der Waals surface area contributed by atoms with E-state index in [0.29, 0.717) is 33.3 Å². The molecule has 0 aliphatic carbocycles. The van der Waals surface area contributed by atoms with Gasteiger partial charge in [0.15, 0.2) is 0 Å². The predicted octanol–water partition coefficient (Wildman–Crippen LogP) is 5.25. The van der Waals surface area contributed by atoms with Crippen LogP contribution in [-0.2, 0) is 7.05 Å². The molecule has 4 aromatic rings. The zero-order valence-corrected chi connectivity index (χ0v) is 17.4. The quantitative estimate of drug-likeness (QED) is 0.454. The topological polar surface area (TPSA) is 76.0 Å². The monoisotopic (exact) mass is 430 g/mol. The van der Waals surface area contributed by atoms with E-state index in [-0.39, 0.29) is 11.8 Å². The number of rotatable bonds is 5. The van der Waals surface area contributed by atoms with Gasteiger partial charge in [-0.2, -0.15) is 5.10 Å². The number of carbonyl (C=O) groups excluding carboxylic acids is 2. The molecule has 2 N–H and O–H groups in total. The van der Waals surface area contributed by atoms with Crippen LogP contribution in [0.5, 0.6) is 0 Å². The summed E-state index contributed by atoms with van der Waals surface area (Å²) >= 11 is 6.10. The number of para-hydroxylation sites is 1. The van der Waals surface area contributed by atoms with E-state index >= 15 is 0 Å². The number of aryl methyl sites for hydroxylation is 1. The minimum Gasteiger partial charge on any atom is -0.321 e. The van der Waals surface area contributed by atoms with Crippen LogP contribution in [0.25, 0.3) is 11.3 Å². The van der Waals surface area contributed by atoms with Crippen molar-refractivity contribution in [2.24, 2.45) is 7.05 Å². The molecule has 0 unspecified atom stereocenters. The van der Waals surface area contributed by atoms with Crippen molar-refractivity contribution >= 4 is 34.9 Å². The molecular weight excluding hydrogens is 412 g/mol. The second kappa shape index (κ2) is 8.85. The van der Waals surface area contributed by atoms with Crippen LogP contribution in [0, 0.1) is 0 Å². The molecule has 0 spiro atoms. The summed E-state index contributed by atoms with van der Waals surface area (Å²) in [6.07, 6.45) is 0. The van der Waals surface area contributed by atoms with Gasteiger partial charge in [0.2, 0.25) is 0 Å². The van der Waals surface area contributed by atoms with Crippen LogP contribution >= 0.6 is 11.6 Å². The van der Waals surface area contributed by atoms with Crippen molar-refractivity contribution in [2.45, 2.75) is 0 Å². The third-order valence-electron chi connectivity index (χ3n) is 4.72. The lowest BCUT2D eigenvalue weighted by molar-refractivity contribution is 0.101. The van der Waals surface area contributed by atoms with Crippen molar-refractivity contribution in [1.29, 1.82) is 0 Å². The predicted molar refractivity (Wildman–Crippen MR) is 122 cm³/mol. The van der Waals surface area contributed by atoms with Crippen LogP contribution in [0.15, 0.2) is 84.9 Å². The number of anilines is 2. The van der Waals surface area contributed by atoms with Gasteiger partial charge in [0.05, 0.1) is 16.4 Å². The molecule has 0 aliphatic heterocycles. The summed E-state index contributed by atoms with van der Waals surface area (Å²) in [5, 5.41) is 10.6. The molecule has 0 radical (unpaired) electrons. The van der Waals surface area contributed by atoms with E-state index < -0.39 is 0 Å². The first-order chi connectivity index (χ1) is 15.0. The number of halogens is 1.